The lowest BCUT2D eigenvalue weighted by atomic mass is 9.95. The second-order valence-corrected chi connectivity index (χ2v) is 5.83. The number of aromatic nitrogens is 1. The van der Waals surface area contributed by atoms with Crippen LogP contribution >= 0.6 is 15.9 Å². The molecule has 0 bridgehead atoms. The average Bonchev–Trinajstić information content (AvgIpc) is 2.36. The van der Waals surface area contributed by atoms with Crippen molar-refractivity contribution >= 4 is 27.4 Å². The van der Waals surface area contributed by atoms with E-state index in [9.17, 15) is 10.1 Å². The molecule has 0 aliphatic carbocycles. The zero-order valence-electron chi connectivity index (χ0n) is 11.0. The first-order valence-electron chi connectivity index (χ1n) is 6.21. The highest BCUT2D eigenvalue weighted by molar-refractivity contribution is 9.10. The molecule has 2 N–H and O–H groups in total. The fraction of sp³-hybridized carbons (Fsp3) is 0.583. The zero-order valence-corrected chi connectivity index (χ0v) is 12.6. The largest absolute Gasteiger partial charge is 0.355 e. The van der Waals surface area contributed by atoms with E-state index in [-0.39, 0.29) is 11.7 Å². The van der Waals surface area contributed by atoms with Crippen LogP contribution in [0.4, 0.5) is 11.5 Å². The molecule has 1 fully saturated rings. The van der Waals surface area contributed by atoms with Gasteiger partial charge in [-0.05, 0) is 35.2 Å². The van der Waals surface area contributed by atoms with Gasteiger partial charge in [-0.25, -0.2) is 4.98 Å². The van der Waals surface area contributed by atoms with E-state index in [4.69, 9.17) is 5.73 Å². The van der Waals surface area contributed by atoms with Crippen molar-refractivity contribution in [1.82, 2.24) is 4.98 Å². The number of hydrogen-bond acceptors (Lipinski definition) is 5. The summed E-state index contributed by atoms with van der Waals surface area (Å²) in [6.45, 7) is 5.49. The van der Waals surface area contributed by atoms with Crippen LogP contribution in [0.25, 0.3) is 0 Å². The number of anilines is 1. The number of rotatable bonds is 2. The van der Waals surface area contributed by atoms with Gasteiger partial charge in [0.2, 0.25) is 0 Å². The SMILES string of the molecule is Cc1c([N+](=O)[O-])cnc(N2CCC(N)C(C)C2)c1Br. The van der Waals surface area contributed by atoms with Crippen LogP contribution in [0.2, 0.25) is 0 Å². The molecule has 0 saturated carbocycles. The van der Waals surface area contributed by atoms with E-state index in [1.807, 2.05) is 0 Å². The molecule has 0 radical (unpaired) electrons. The molecule has 2 rings (SSSR count). The summed E-state index contributed by atoms with van der Waals surface area (Å²) in [5.41, 5.74) is 6.65. The van der Waals surface area contributed by atoms with Gasteiger partial charge in [-0.15, -0.1) is 0 Å². The maximum Gasteiger partial charge on any atom is 0.291 e. The second-order valence-electron chi connectivity index (χ2n) is 5.04. The molecule has 2 atom stereocenters. The Balaban J connectivity index is 2.31. The van der Waals surface area contributed by atoms with Crippen LogP contribution in [0.1, 0.15) is 18.9 Å². The highest BCUT2D eigenvalue weighted by Gasteiger charge is 2.27. The Morgan fingerprint density at radius 1 is 1.63 bits per heavy atom. The summed E-state index contributed by atoms with van der Waals surface area (Å²) in [6.07, 6.45) is 2.24. The fourth-order valence-corrected chi connectivity index (χ4v) is 2.87. The van der Waals surface area contributed by atoms with Gasteiger partial charge in [-0.1, -0.05) is 6.92 Å². The van der Waals surface area contributed by atoms with Gasteiger partial charge in [0.25, 0.3) is 5.69 Å². The third kappa shape index (κ3) is 2.71. The van der Waals surface area contributed by atoms with E-state index < -0.39 is 4.92 Å². The Kier molecular flexibility index (Phi) is 4.05. The van der Waals surface area contributed by atoms with Crippen LogP contribution in [-0.4, -0.2) is 29.0 Å². The third-order valence-corrected chi connectivity index (χ3v) is 4.64. The summed E-state index contributed by atoms with van der Waals surface area (Å²) in [5, 5.41) is 10.9. The summed E-state index contributed by atoms with van der Waals surface area (Å²) in [4.78, 5) is 16.8. The first kappa shape index (κ1) is 14.2. The molecule has 0 spiro atoms. The molecule has 1 aromatic heterocycles. The number of nitro groups is 1. The topological polar surface area (TPSA) is 85.3 Å². The number of piperidine rings is 1. The van der Waals surface area contributed by atoms with Crippen molar-refractivity contribution in [3.05, 3.63) is 26.3 Å². The predicted octanol–water partition coefficient (Wildman–Crippen LogP) is 2.23. The lowest BCUT2D eigenvalue weighted by Crippen LogP contribution is -2.46. The minimum absolute atomic E-state index is 0.0392. The standard InChI is InChI=1S/C12H17BrN4O2/c1-7-6-16(4-3-9(7)14)12-11(13)8(2)10(5-15-12)17(18)19/h5,7,9H,3-4,6,14H2,1-2H3. The fourth-order valence-electron chi connectivity index (χ4n) is 2.32. The lowest BCUT2D eigenvalue weighted by Gasteiger charge is -2.36. The summed E-state index contributed by atoms with van der Waals surface area (Å²) in [7, 11) is 0. The van der Waals surface area contributed by atoms with Crippen molar-refractivity contribution in [2.24, 2.45) is 11.7 Å². The zero-order chi connectivity index (χ0) is 14.2. The van der Waals surface area contributed by atoms with Crippen molar-refractivity contribution < 1.29 is 4.92 Å². The maximum absolute atomic E-state index is 10.9. The van der Waals surface area contributed by atoms with Gasteiger partial charge >= 0.3 is 0 Å². The van der Waals surface area contributed by atoms with Crippen LogP contribution < -0.4 is 10.6 Å². The van der Waals surface area contributed by atoms with Crippen molar-refractivity contribution in [3.63, 3.8) is 0 Å². The van der Waals surface area contributed by atoms with E-state index in [1.54, 1.807) is 6.92 Å². The Labute approximate surface area is 120 Å². The number of halogens is 1. The highest BCUT2D eigenvalue weighted by atomic mass is 79.9. The van der Waals surface area contributed by atoms with E-state index in [2.05, 4.69) is 32.7 Å². The van der Waals surface area contributed by atoms with Crippen molar-refractivity contribution in [1.29, 1.82) is 0 Å². The van der Waals surface area contributed by atoms with Gasteiger partial charge in [0.1, 0.15) is 12.0 Å². The van der Waals surface area contributed by atoms with Gasteiger partial charge < -0.3 is 10.6 Å². The molecule has 0 amide bonds. The predicted molar refractivity (Wildman–Crippen MR) is 77.3 cm³/mol. The molecule has 1 saturated heterocycles. The minimum atomic E-state index is -0.411. The van der Waals surface area contributed by atoms with Crippen molar-refractivity contribution in [2.75, 3.05) is 18.0 Å². The summed E-state index contributed by atoms with van der Waals surface area (Å²) in [5.74, 6) is 1.15. The molecule has 2 unspecified atom stereocenters. The number of pyridine rings is 1. The molecular formula is C12H17BrN4O2. The first-order chi connectivity index (χ1) is 8.91. The Morgan fingerprint density at radius 2 is 2.32 bits per heavy atom. The molecule has 1 aliphatic rings. The van der Waals surface area contributed by atoms with Crippen molar-refractivity contribution in [2.45, 2.75) is 26.3 Å². The van der Waals surface area contributed by atoms with Gasteiger partial charge in [0.05, 0.1) is 9.40 Å². The summed E-state index contributed by atoms with van der Waals surface area (Å²) < 4.78 is 0.698. The van der Waals surface area contributed by atoms with Crippen LogP contribution in [-0.2, 0) is 0 Å². The highest BCUT2D eigenvalue weighted by Crippen LogP contribution is 2.34. The van der Waals surface area contributed by atoms with Gasteiger partial charge in [0.15, 0.2) is 0 Å². The van der Waals surface area contributed by atoms with Gasteiger partial charge in [-0.3, -0.25) is 10.1 Å². The van der Waals surface area contributed by atoms with E-state index in [1.165, 1.54) is 6.20 Å². The van der Waals surface area contributed by atoms with Crippen LogP contribution in [0.5, 0.6) is 0 Å². The summed E-state index contributed by atoms with van der Waals surface area (Å²) in [6, 6.07) is 0.217. The van der Waals surface area contributed by atoms with Crippen molar-refractivity contribution in [3.8, 4) is 0 Å². The molecule has 7 heteroatoms. The Hall–Kier alpha value is -1.21. The quantitative estimate of drug-likeness (QED) is 0.664. The minimum Gasteiger partial charge on any atom is -0.355 e. The molecule has 2 heterocycles. The van der Waals surface area contributed by atoms with Crippen LogP contribution in [0.3, 0.4) is 0 Å². The molecule has 6 nitrogen and oxygen atoms in total. The molecule has 0 aromatic carbocycles. The molecular weight excluding hydrogens is 312 g/mol. The smallest absolute Gasteiger partial charge is 0.291 e. The monoisotopic (exact) mass is 328 g/mol. The average molecular weight is 329 g/mol. The molecule has 104 valence electrons. The molecule has 1 aromatic rings. The van der Waals surface area contributed by atoms with Crippen LogP contribution in [0, 0.1) is 23.0 Å². The normalized spacial score (nSPS) is 23.5. The van der Waals surface area contributed by atoms with Gasteiger partial charge in [0, 0.05) is 24.7 Å². The first-order valence-corrected chi connectivity index (χ1v) is 7.01. The van der Waals surface area contributed by atoms with E-state index in [0.717, 1.165) is 25.3 Å². The number of nitrogens with zero attached hydrogens (tertiary/aromatic N) is 3. The van der Waals surface area contributed by atoms with Crippen LogP contribution in [0.15, 0.2) is 10.7 Å². The Morgan fingerprint density at radius 3 is 2.89 bits per heavy atom. The summed E-state index contributed by atoms with van der Waals surface area (Å²) >= 11 is 3.43. The number of hydrogen-bond donors (Lipinski definition) is 1. The van der Waals surface area contributed by atoms with Gasteiger partial charge in [-0.2, -0.15) is 0 Å². The lowest BCUT2D eigenvalue weighted by molar-refractivity contribution is -0.385. The Bertz CT molecular complexity index is 509. The maximum atomic E-state index is 10.9. The second kappa shape index (κ2) is 5.42. The molecule has 1 aliphatic heterocycles. The molecule has 19 heavy (non-hydrogen) atoms. The number of nitrogens with two attached hydrogens (primary N) is 1. The van der Waals surface area contributed by atoms with E-state index >= 15 is 0 Å². The van der Waals surface area contributed by atoms with E-state index in [0.29, 0.717) is 16.0 Å². The third-order valence-electron chi connectivity index (χ3n) is 3.69.